The summed E-state index contributed by atoms with van der Waals surface area (Å²) in [6, 6.07) is 3.78. The summed E-state index contributed by atoms with van der Waals surface area (Å²) in [6.07, 6.45) is 5.63. The summed E-state index contributed by atoms with van der Waals surface area (Å²) >= 11 is 1.32. The Morgan fingerprint density at radius 1 is 1.23 bits per heavy atom. The van der Waals surface area contributed by atoms with Gasteiger partial charge in [0.1, 0.15) is 10.7 Å². The minimum Gasteiger partial charge on any atom is -0.465 e. The topological polar surface area (TPSA) is 85.5 Å². The fraction of sp³-hybridized carbons (Fsp3) is 0.522. The lowest BCUT2D eigenvalue weighted by atomic mass is 9.82. The minimum absolute atomic E-state index is 0.00196. The zero-order chi connectivity index (χ0) is 22.0. The molecule has 0 radical (unpaired) electrons. The van der Waals surface area contributed by atoms with Crippen molar-refractivity contribution in [1.82, 2.24) is 4.98 Å². The van der Waals surface area contributed by atoms with Crippen LogP contribution in [0.4, 0.5) is 11.5 Å². The molecule has 162 valence electrons. The second kappa shape index (κ2) is 9.16. The van der Waals surface area contributed by atoms with E-state index in [2.05, 4.69) is 11.9 Å². The van der Waals surface area contributed by atoms with Crippen molar-refractivity contribution in [3.05, 3.63) is 28.8 Å². The highest BCUT2D eigenvalue weighted by Crippen LogP contribution is 2.40. The average molecular weight is 430 g/mol. The lowest BCUT2D eigenvalue weighted by molar-refractivity contribution is -0.123. The number of nitrogens with two attached hydrogens (primary N) is 1. The Kier molecular flexibility index (Phi) is 6.81. The molecule has 0 unspecified atom stereocenters. The van der Waals surface area contributed by atoms with Gasteiger partial charge in [0.2, 0.25) is 5.91 Å². The molecule has 7 heteroatoms. The van der Waals surface area contributed by atoms with Crippen LogP contribution in [0.15, 0.2) is 18.3 Å². The van der Waals surface area contributed by atoms with Gasteiger partial charge in [-0.25, -0.2) is 9.78 Å². The van der Waals surface area contributed by atoms with Gasteiger partial charge in [-0.15, -0.1) is 11.3 Å². The van der Waals surface area contributed by atoms with Crippen molar-refractivity contribution < 1.29 is 14.3 Å². The van der Waals surface area contributed by atoms with Crippen molar-refractivity contribution in [1.29, 1.82) is 0 Å². The van der Waals surface area contributed by atoms with E-state index in [1.807, 2.05) is 32.9 Å². The molecule has 1 fully saturated rings. The first-order chi connectivity index (χ1) is 14.2. The molecule has 1 amide bonds. The van der Waals surface area contributed by atoms with Gasteiger partial charge < -0.3 is 15.4 Å². The molecule has 30 heavy (non-hydrogen) atoms. The number of nitrogen functional groups attached to an aromatic ring is 1. The number of hydrogen-bond donors (Lipinski definition) is 1. The van der Waals surface area contributed by atoms with E-state index in [0.717, 1.165) is 41.7 Å². The first kappa shape index (κ1) is 22.3. The molecule has 0 atom stereocenters. The highest BCUT2D eigenvalue weighted by molar-refractivity contribution is 7.18. The molecule has 2 aromatic heterocycles. The molecular weight excluding hydrogens is 398 g/mol. The van der Waals surface area contributed by atoms with Gasteiger partial charge in [-0.2, -0.15) is 0 Å². The van der Waals surface area contributed by atoms with Gasteiger partial charge in [0.05, 0.1) is 12.8 Å². The third-order valence-corrected chi connectivity index (χ3v) is 7.02. The second-order valence-corrected chi connectivity index (χ2v) is 9.55. The van der Waals surface area contributed by atoms with Gasteiger partial charge in [-0.1, -0.05) is 6.92 Å². The first-order valence-electron chi connectivity index (χ1n) is 10.5. The normalized spacial score (nSPS) is 19.0. The van der Waals surface area contributed by atoms with Crippen LogP contribution >= 0.6 is 11.3 Å². The van der Waals surface area contributed by atoms with E-state index in [-0.39, 0.29) is 17.9 Å². The Morgan fingerprint density at radius 3 is 2.47 bits per heavy atom. The molecule has 2 heterocycles. The number of rotatable bonds is 5. The Morgan fingerprint density at radius 2 is 1.90 bits per heavy atom. The predicted octanol–water partition coefficient (Wildman–Crippen LogP) is 5.06. The van der Waals surface area contributed by atoms with Gasteiger partial charge in [0.15, 0.2) is 0 Å². The van der Waals surface area contributed by atoms with E-state index in [0.29, 0.717) is 22.3 Å². The summed E-state index contributed by atoms with van der Waals surface area (Å²) in [5.41, 5.74) is 8.21. The summed E-state index contributed by atoms with van der Waals surface area (Å²) < 4.78 is 5.04. The summed E-state index contributed by atoms with van der Waals surface area (Å²) in [4.78, 5) is 33.4. The van der Waals surface area contributed by atoms with E-state index in [9.17, 15) is 9.59 Å². The molecule has 2 N–H and O–H groups in total. The van der Waals surface area contributed by atoms with E-state index in [1.165, 1.54) is 18.4 Å². The van der Waals surface area contributed by atoms with Crippen LogP contribution in [-0.4, -0.2) is 30.0 Å². The molecule has 0 saturated heterocycles. The lowest BCUT2D eigenvalue weighted by Gasteiger charge is -2.33. The van der Waals surface area contributed by atoms with Crippen LogP contribution in [0, 0.1) is 18.8 Å². The van der Waals surface area contributed by atoms with Gasteiger partial charge in [-0.05, 0) is 70.1 Å². The van der Waals surface area contributed by atoms with Crippen molar-refractivity contribution in [2.75, 3.05) is 17.7 Å². The number of aryl methyl sites for hydroxylation is 1. The van der Waals surface area contributed by atoms with Crippen molar-refractivity contribution in [3.63, 3.8) is 0 Å². The third-order valence-electron chi connectivity index (χ3n) is 5.86. The largest absolute Gasteiger partial charge is 0.465 e. The first-order valence-corrected chi connectivity index (χ1v) is 11.3. The number of amides is 1. The predicted molar refractivity (Wildman–Crippen MR) is 122 cm³/mol. The van der Waals surface area contributed by atoms with Crippen LogP contribution in [0.25, 0.3) is 10.4 Å². The molecule has 1 aliphatic carbocycles. The van der Waals surface area contributed by atoms with Gasteiger partial charge in [0.25, 0.3) is 0 Å². The number of nitrogens with zero attached hydrogens (tertiary/aromatic N) is 2. The molecular formula is C23H31N3O3S. The van der Waals surface area contributed by atoms with Crippen LogP contribution in [-0.2, 0) is 9.53 Å². The van der Waals surface area contributed by atoms with Crippen molar-refractivity contribution in [2.45, 2.75) is 59.4 Å². The summed E-state index contributed by atoms with van der Waals surface area (Å²) in [5.74, 6) is 0.809. The number of ether oxygens (including phenoxy) is 1. The Bertz CT molecular complexity index is 930. The monoisotopic (exact) mass is 429 g/mol. The average Bonchev–Trinajstić information content (AvgIpc) is 3.14. The zero-order valence-electron chi connectivity index (χ0n) is 18.4. The second-order valence-electron chi connectivity index (χ2n) is 8.50. The standard InChI is InChI=1S/C23H31N3O3S/c1-13(2)26(22(27)16-8-6-14(3)7-9-16)18-11-19(30-20(18)23(28)29-5)17-10-15(4)21(24)25-12-17/h10-14,16H,6-9H2,1-5H3,(H2,24,25)/t14-,16-. The summed E-state index contributed by atoms with van der Waals surface area (Å²) in [5, 5.41) is 0. The number of carbonyl (C=O) groups excluding carboxylic acids is 2. The van der Waals surface area contributed by atoms with Crippen LogP contribution < -0.4 is 10.6 Å². The van der Waals surface area contributed by atoms with Crippen molar-refractivity contribution in [2.24, 2.45) is 11.8 Å². The van der Waals surface area contributed by atoms with Gasteiger partial charge in [0, 0.05) is 28.6 Å². The van der Waals surface area contributed by atoms with E-state index in [1.54, 1.807) is 11.1 Å². The van der Waals surface area contributed by atoms with Crippen LogP contribution in [0.1, 0.15) is 61.7 Å². The quantitative estimate of drug-likeness (QED) is 0.672. The maximum Gasteiger partial charge on any atom is 0.350 e. The number of thiophene rings is 1. The molecule has 1 aliphatic rings. The number of carbonyl (C=O) groups is 2. The highest BCUT2D eigenvalue weighted by atomic mass is 32.1. The maximum absolute atomic E-state index is 13.5. The van der Waals surface area contributed by atoms with Crippen molar-refractivity contribution >= 4 is 34.7 Å². The number of hydrogen-bond acceptors (Lipinski definition) is 6. The van der Waals surface area contributed by atoms with Gasteiger partial charge >= 0.3 is 5.97 Å². The Hall–Kier alpha value is -2.41. The molecule has 1 saturated carbocycles. The molecule has 2 aromatic rings. The fourth-order valence-corrected chi connectivity index (χ4v) is 5.07. The van der Waals surface area contributed by atoms with Crippen molar-refractivity contribution in [3.8, 4) is 10.4 Å². The van der Waals surface area contributed by atoms with E-state index in [4.69, 9.17) is 10.5 Å². The Balaban J connectivity index is 2.03. The third kappa shape index (κ3) is 4.51. The molecule has 3 rings (SSSR count). The van der Waals surface area contributed by atoms with Crippen LogP contribution in [0.3, 0.4) is 0 Å². The number of anilines is 2. The molecule has 0 aromatic carbocycles. The van der Waals surface area contributed by atoms with E-state index < -0.39 is 5.97 Å². The minimum atomic E-state index is -0.433. The van der Waals surface area contributed by atoms with Crippen LogP contribution in [0.5, 0.6) is 0 Å². The Labute approximate surface area is 182 Å². The number of aromatic nitrogens is 1. The maximum atomic E-state index is 13.5. The fourth-order valence-electron chi connectivity index (χ4n) is 4.02. The van der Waals surface area contributed by atoms with Crippen LogP contribution in [0.2, 0.25) is 0 Å². The summed E-state index contributed by atoms with van der Waals surface area (Å²) in [6.45, 7) is 8.10. The van der Waals surface area contributed by atoms with Gasteiger partial charge in [-0.3, -0.25) is 4.79 Å². The SMILES string of the molecule is COC(=O)c1sc(-c2cnc(N)c(C)c2)cc1N(C(=O)[C@H]1CC[C@H](C)CC1)C(C)C. The number of methoxy groups -OCH3 is 1. The smallest absolute Gasteiger partial charge is 0.350 e. The summed E-state index contributed by atoms with van der Waals surface area (Å²) in [7, 11) is 1.37. The number of pyridine rings is 1. The number of esters is 1. The molecule has 0 bridgehead atoms. The van der Waals surface area contributed by atoms with E-state index >= 15 is 0 Å². The highest BCUT2D eigenvalue weighted by Gasteiger charge is 2.33. The lowest BCUT2D eigenvalue weighted by Crippen LogP contribution is -2.42. The molecule has 6 nitrogen and oxygen atoms in total. The molecule has 0 aliphatic heterocycles. The molecule has 0 spiro atoms. The zero-order valence-corrected chi connectivity index (χ0v) is 19.2.